The van der Waals surface area contributed by atoms with Gasteiger partial charge < -0.3 is 20.6 Å². The van der Waals surface area contributed by atoms with Crippen LogP contribution in [0.25, 0.3) is 22.3 Å². The maximum absolute atomic E-state index is 14.1. The smallest absolute Gasteiger partial charge is 0.404 e. The summed E-state index contributed by atoms with van der Waals surface area (Å²) in [6, 6.07) is 10.7. The van der Waals surface area contributed by atoms with Crippen LogP contribution in [0.4, 0.5) is 16.4 Å². The molecule has 3 aromatic heterocycles. The van der Waals surface area contributed by atoms with Gasteiger partial charge in [0.05, 0.1) is 16.3 Å². The summed E-state index contributed by atoms with van der Waals surface area (Å²) in [6.45, 7) is 5.79. The molecule has 12 heteroatoms. The van der Waals surface area contributed by atoms with Crippen molar-refractivity contribution < 1.29 is 18.3 Å². The summed E-state index contributed by atoms with van der Waals surface area (Å²) in [5, 5.41) is 16.2. The molecule has 1 aliphatic heterocycles. The third-order valence-electron chi connectivity index (χ3n) is 8.64. The van der Waals surface area contributed by atoms with Gasteiger partial charge in [0.2, 0.25) is 5.95 Å². The summed E-state index contributed by atoms with van der Waals surface area (Å²) >= 11 is 0. The average Bonchev–Trinajstić information content (AvgIpc) is 3.68. The number of anilines is 2. The van der Waals surface area contributed by atoms with Gasteiger partial charge in [-0.15, -0.1) is 0 Å². The fourth-order valence-electron chi connectivity index (χ4n) is 6.37. The first kappa shape index (κ1) is 29.9. The van der Waals surface area contributed by atoms with Crippen LogP contribution in [0.1, 0.15) is 63.1 Å². The van der Waals surface area contributed by atoms with Gasteiger partial charge >= 0.3 is 6.09 Å². The van der Waals surface area contributed by atoms with Gasteiger partial charge in [-0.3, -0.25) is 0 Å². The zero-order valence-electron chi connectivity index (χ0n) is 25.2. The second-order valence-corrected chi connectivity index (χ2v) is 13.6. The second kappa shape index (κ2) is 12.4. The van der Waals surface area contributed by atoms with Crippen LogP contribution in [0.3, 0.4) is 0 Å². The van der Waals surface area contributed by atoms with Crippen molar-refractivity contribution in [2.24, 2.45) is 0 Å². The number of aromatic nitrogens is 4. The lowest BCUT2D eigenvalue weighted by Crippen LogP contribution is -2.39. The van der Waals surface area contributed by atoms with Crippen molar-refractivity contribution in [3.63, 3.8) is 0 Å². The molecule has 1 saturated carbocycles. The zero-order valence-corrected chi connectivity index (χ0v) is 26.0. The van der Waals surface area contributed by atoms with Gasteiger partial charge in [-0.1, -0.05) is 31.0 Å². The molecule has 0 bridgehead atoms. The third kappa shape index (κ3) is 5.95. The van der Waals surface area contributed by atoms with Gasteiger partial charge in [-0.05, 0) is 76.1 Å². The van der Waals surface area contributed by atoms with Crippen LogP contribution < -0.4 is 15.5 Å². The molecule has 1 amide bonds. The predicted molar refractivity (Wildman–Crippen MR) is 171 cm³/mol. The van der Waals surface area contributed by atoms with Crippen LogP contribution in [0, 0.1) is 6.92 Å². The molecule has 2 aliphatic rings. The van der Waals surface area contributed by atoms with E-state index >= 15 is 0 Å². The van der Waals surface area contributed by atoms with E-state index in [4.69, 9.17) is 9.97 Å². The molecule has 232 valence electrons. The minimum Gasteiger partial charge on any atom is -0.465 e. The Bertz CT molecular complexity index is 1760. The van der Waals surface area contributed by atoms with Crippen LogP contribution in [0.5, 0.6) is 0 Å². The number of amides is 1. The Morgan fingerprint density at radius 3 is 2.41 bits per heavy atom. The third-order valence-corrected chi connectivity index (χ3v) is 10.4. The van der Waals surface area contributed by atoms with E-state index in [0.29, 0.717) is 47.6 Å². The van der Waals surface area contributed by atoms with Gasteiger partial charge in [-0.2, -0.15) is 0 Å². The molecule has 1 aliphatic carbocycles. The fourth-order valence-corrected chi connectivity index (χ4v) is 7.89. The van der Waals surface area contributed by atoms with E-state index in [2.05, 4.69) is 20.5 Å². The number of nitrogens with zero attached hydrogens (tertiary/aromatic N) is 5. The van der Waals surface area contributed by atoms with Crippen LogP contribution in [0.2, 0.25) is 0 Å². The number of benzene rings is 1. The summed E-state index contributed by atoms with van der Waals surface area (Å²) < 4.78 is 29.6. The molecule has 4 aromatic rings. The first-order valence-electron chi connectivity index (χ1n) is 15.4. The standard InChI is InChI=1S/C32H39N7O4S/c1-3-6-24-19-26-29(35-22-9-11-23(12-10-22)36-32(40)41)27(28-15-16-33-31(37-28)38-17-4-5-18-38)20-34-30(26)39(24)44(42,43)25-13-7-21(2)8-14-25/h7-8,13-16,19-20,22-23,36H,3-6,9-12,17-18H2,1-2H3,(H,34,35)(H,40,41)/t22-,23-. The maximum Gasteiger partial charge on any atom is 0.404 e. The van der Waals surface area contributed by atoms with Gasteiger partial charge in [0.25, 0.3) is 10.0 Å². The molecule has 0 unspecified atom stereocenters. The number of hydrogen-bond donors (Lipinski definition) is 3. The number of carbonyl (C=O) groups is 1. The normalized spacial score (nSPS) is 18.9. The molecule has 6 rings (SSSR count). The highest BCUT2D eigenvalue weighted by Gasteiger charge is 2.29. The average molecular weight is 618 g/mol. The number of carboxylic acid groups (broad SMARTS) is 1. The summed E-state index contributed by atoms with van der Waals surface area (Å²) in [7, 11) is -3.93. The number of aryl methyl sites for hydroxylation is 2. The van der Waals surface area contributed by atoms with Crippen molar-refractivity contribution in [3.05, 3.63) is 60.0 Å². The van der Waals surface area contributed by atoms with E-state index in [1.54, 1.807) is 36.7 Å². The molecule has 11 nitrogen and oxygen atoms in total. The highest BCUT2D eigenvalue weighted by Crippen LogP contribution is 2.38. The Kier molecular flexibility index (Phi) is 8.44. The topological polar surface area (TPSA) is 142 Å². The van der Waals surface area contributed by atoms with E-state index in [-0.39, 0.29) is 17.0 Å². The molecular weight excluding hydrogens is 578 g/mol. The Morgan fingerprint density at radius 1 is 1.02 bits per heavy atom. The molecule has 0 spiro atoms. The molecule has 0 atom stereocenters. The minimum atomic E-state index is -3.93. The van der Waals surface area contributed by atoms with E-state index in [1.807, 2.05) is 26.0 Å². The number of hydrogen-bond acceptors (Lipinski definition) is 8. The van der Waals surface area contributed by atoms with Crippen molar-refractivity contribution >= 4 is 38.8 Å². The van der Waals surface area contributed by atoms with E-state index in [0.717, 1.165) is 62.0 Å². The van der Waals surface area contributed by atoms with Crippen LogP contribution >= 0.6 is 0 Å². The first-order valence-corrected chi connectivity index (χ1v) is 16.9. The lowest BCUT2D eigenvalue weighted by Gasteiger charge is -2.30. The monoisotopic (exact) mass is 617 g/mol. The molecular formula is C32H39N7O4S. The SMILES string of the molecule is CCCc1cc2c(N[C@H]3CC[C@H](NC(=O)O)CC3)c(-c3ccnc(N4CCCC4)n3)cnc2n1S(=O)(=O)c1ccc(C)cc1. The Labute approximate surface area is 257 Å². The second-order valence-electron chi connectivity index (χ2n) is 11.8. The fraction of sp³-hybridized carbons (Fsp3) is 0.438. The van der Waals surface area contributed by atoms with E-state index in [1.165, 1.54) is 3.97 Å². The summed E-state index contributed by atoms with van der Waals surface area (Å²) in [5.74, 6) is 0.678. The summed E-state index contributed by atoms with van der Waals surface area (Å²) in [5.41, 5.74) is 4.30. The minimum absolute atomic E-state index is 0.0674. The van der Waals surface area contributed by atoms with Crippen LogP contribution in [-0.2, 0) is 16.4 Å². The molecule has 3 N–H and O–H groups in total. The Balaban J connectivity index is 1.48. The number of fused-ring (bicyclic) bond motifs is 1. The van der Waals surface area contributed by atoms with Crippen molar-refractivity contribution in [2.75, 3.05) is 23.3 Å². The lowest BCUT2D eigenvalue weighted by atomic mass is 9.90. The van der Waals surface area contributed by atoms with Gasteiger partial charge in [0.1, 0.15) is 0 Å². The number of rotatable bonds is 9. The van der Waals surface area contributed by atoms with Gasteiger partial charge in [0, 0.05) is 54.2 Å². The van der Waals surface area contributed by atoms with Crippen molar-refractivity contribution in [1.82, 2.24) is 24.2 Å². The lowest BCUT2D eigenvalue weighted by molar-refractivity contribution is 0.185. The predicted octanol–water partition coefficient (Wildman–Crippen LogP) is 5.58. The Hall–Kier alpha value is -4.19. The highest BCUT2D eigenvalue weighted by atomic mass is 32.2. The summed E-state index contributed by atoms with van der Waals surface area (Å²) in [6.07, 6.45) is 8.98. The van der Waals surface area contributed by atoms with Crippen molar-refractivity contribution in [3.8, 4) is 11.3 Å². The highest BCUT2D eigenvalue weighted by molar-refractivity contribution is 7.90. The van der Waals surface area contributed by atoms with Crippen LogP contribution in [-0.4, -0.2) is 63.7 Å². The molecule has 2 fully saturated rings. The molecule has 44 heavy (non-hydrogen) atoms. The molecule has 1 saturated heterocycles. The quantitative estimate of drug-likeness (QED) is 0.219. The first-order chi connectivity index (χ1) is 21.2. The van der Waals surface area contributed by atoms with Gasteiger partial charge in [-0.25, -0.2) is 32.1 Å². The zero-order chi connectivity index (χ0) is 30.8. The van der Waals surface area contributed by atoms with Gasteiger partial charge in [0.15, 0.2) is 5.65 Å². The Morgan fingerprint density at radius 2 is 1.73 bits per heavy atom. The number of nitrogens with one attached hydrogen (secondary N) is 2. The number of pyridine rings is 1. The molecule has 0 radical (unpaired) electrons. The largest absolute Gasteiger partial charge is 0.465 e. The summed E-state index contributed by atoms with van der Waals surface area (Å²) in [4.78, 5) is 27.9. The molecule has 4 heterocycles. The van der Waals surface area contributed by atoms with E-state index in [9.17, 15) is 18.3 Å². The van der Waals surface area contributed by atoms with Crippen LogP contribution in [0.15, 0.2) is 53.7 Å². The van der Waals surface area contributed by atoms with Crippen molar-refractivity contribution in [2.45, 2.75) is 82.2 Å². The molecule has 1 aromatic carbocycles. The van der Waals surface area contributed by atoms with Crippen molar-refractivity contribution in [1.29, 1.82) is 0 Å². The van der Waals surface area contributed by atoms with E-state index < -0.39 is 16.1 Å². The maximum atomic E-state index is 14.1.